The van der Waals surface area contributed by atoms with Gasteiger partial charge in [0, 0.05) is 37.9 Å². The molecule has 2 heterocycles. The third-order valence-electron chi connectivity index (χ3n) is 4.56. The Kier molecular flexibility index (Phi) is 5.51. The average Bonchev–Trinajstić information content (AvgIpc) is 3.11. The number of amides is 1. The van der Waals surface area contributed by atoms with Crippen LogP contribution >= 0.6 is 0 Å². The van der Waals surface area contributed by atoms with Crippen LogP contribution in [0.3, 0.4) is 0 Å². The maximum Gasteiger partial charge on any atom is 0.226 e. The lowest BCUT2D eigenvalue weighted by molar-refractivity contribution is -0.133. The second-order valence-electron chi connectivity index (χ2n) is 6.16. The van der Waals surface area contributed by atoms with E-state index in [4.69, 9.17) is 4.74 Å². The van der Waals surface area contributed by atoms with E-state index in [9.17, 15) is 4.79 Å². The van der Waals surface area contributed by atoms with Crippen molar-refractivity contribution in [2.75, 3.05) is 19.7 Å². The van der Waals surface area contributed by atoms with Crippen molar-refractivity contribution in [3.8, 4) is 5.75 Å². The molecule has 0 aliphatic carbocycles. The van der Waals surface area contributed by atoms with Crippen molar-refractivity contribution in [3.63, 3.8) is 0 Å². The molecule has 5 heteroatoms. The van der Waals surface area contributed by atoms with Gasteiger partial charge in [0.15, 0.2) is 0 Å². The number of imidazole rings is 1. The standard InChI is InChI=1S/C19H25N3O2/c1-2-21-13-11-20-19(21)16-7-6-12-22(15-16)18(23)10-14-24-17-8-4-3-5-9-17/h3-5,8-9,11,13,16H,2,6-7,10,12,14-15H2,1H3/t16-/m1/s1. The van der Waals surface area contributed by atoms with Crippen LogP contribution < -0.4 is 4.74 Å². The van der Waals surface area contributed by atoms with Crippen LogP contribution in [0.4, 0.5) is 0 Å². The molecule has 1 aromatic carbocycles. The Bertz CT molecular complexity index is 654. The minimum Gasteiger partial charge on any atom is -0.493 e. The van der Waals surface area contributed by atoms with Crippen molar-refractivity contribution in [2.45, 2.75) is 38.6 Å². The second-order valence-corrected chi connectivity index (χ2v) is 6.16. The summed E-state index contributed by atoms with van der Waals surface area (Å²) in [5.74, 6) is 2.43. The van der Waals surface area contributed by atoms with Crippen LogP contribution in [-0.4, -0.2) is 40.1 Å². The number of carbonyl (C=O) groups is 1. The number of carbonyl (C=O) groups excluding carboxylic acids is 1. The Balaban J connectivity index is 1.51. The number of ether oxygens (including phenoxy) is 1. The topological polar surface area (TPSA) is 47.4 Å². The molecule has 5 nitrogen and oxygen atoms in total. The number of piperidine rings is 1. The van der Waals surface area contributed by atoms with Gasteiger partial charge in [-0.2, -0.15) is 0 Å². The summed E-state index contributed by atoms with van der Waals surface area (Å²) < 4.78 is 7.82. The maximum atomic E-state index is 12.5. The highest BCUT2D eigenvalue weighted by Gasteiger charge is 2.27. The van der Waals surface area contributed by atoms with Gasteiger partial charge in [-0.25, -0.2) is 4.98 Å². The molecule has 0 radical (unpaired) electrons. The van der Waals surface area contributed by atoms with E-state index in [-0.39, 0.29) is 5.91 Å². The van der Waals surface area contributed by atoms with Gasteiger partial charge in [0.25, 0.3) is 0 Å². The monoisotopic (exact) mass is 327 g/mol. The minimum atomic E-state index is 0.172. The molecule has 24 heavy (non-hydrogen) atoms. The number of rotatable bonds is 6. The molecule has 0 bridgehead atoms. The number of likely N-dealkylation sites (tertiary alicyclic amines) is 1. The zero-order valence-electron chi connectivity index (χ0n) is 14.2. The van der Waals surface area contributed by atoms with Crippen molar-refractivity contribution >= 4 is 5.91 Å². The van der Waals surface area contributed by atoms with Crippen molar-refractivity contribution in [3.05, 3.63) is 48.5 Å². The summed E-state index contributed by atoms with van der Waals surface area (Å²) in [5.41, 5.74) is 0. The summed E-state index contributed by atoms with van der Waals surface area (Å²) in [4.78, 5) is 19.0. The minimum absolute atomic E-state index is 0.172. The number of hydrogen-bond acceptors (Lipinski definition) is 3. The third kappa shape index (κ3) is 3.96. The summed E-state index contributed by atoms with van der Waals surface area (Å²) in [7, 11) is 0. The lowest BCUT2D eigenvalue weighted by Crippen LogP contribution is -2.40. The van der Waals surface area contributed by atoms with Gasteiger partial charge < -0.3 is 14.2 Å². The molecule has 1 saturated heterocycles. The number of para-hydroxylation sites is 1. The first-order valence-electron chi connectivity index (χ1n) is 8.74. The Hall–Kier alpha value is -2.30. The van der Waals surface area contributed by atoms with Crippen LogP contribution in [-0.2, 0) is 11.3 Å². The molecule has 1 fully saturated rings. The summed E-state index contributed by atoms with van der Waals surface area (Å²) in [6.45, 7) is 5.07. The molecule has 3 rings (SSSR count). The van der Waals surface area contributed by atoms with E-state index in [1.54, 1.807) is 0 Å². The van der Waals surface area contributed by atoms with Crippen LogP contribution in [0.1, 0.15) is 37.9 Å². The van der Waals surface area contributed by atoms with Gasteiger partial charge in [-0.1, -0.05) is 18.2 Å². The SMILES string of the molecule is CCn1ccnc1[C@@H]1CCCN(C(=O)CCOc2ccccc2)C1. The van der Waals surface area contributed by atoms with E-state index >= 15 is 0 Å². The predicted molar refractivity (Wildman–Crippen MR) is 93.0 cm³/mol. The molecule has 2 aromatic rings. The molecule has 0 spiro atoms. The van der Waals surface area contributed by atoms with Gasteiger partial charge in [-0.3, -0.25) is 4.79 Å². The smallest absolute Gasteiger partial charge is 0.226 e. The van der Waals surface area contributed by atoms with Crippen LogP contribution in [0.5, 0.6) is 5.75 Å². The summed E-state index contributed by atoms with van der Waals surface area (Å²) in [6.07, 6.45) is 6.43. The third-order valence-corrected chi connectivity index (χ3v) is 4.56. The van der Waals surface area contributed by atoms with Gasteiger partial charge >= 0.3 is 0 Å². The summed E-state index contributed by atoms with van der Waals surface area (Å²) in [5, 5.41) is 0. The molecule has 1 aliphatic heterocycles. The van der Waals surface area contributed by atoms with Crippen LogP contribution in [0.2, 0.25) is 0 Å². The molecular weight excluding hydrogens is 302 g/mol. The fourth-order valence-electron chi connectivity index (χ4n) is 3.29. The molecular formula is C19H25N3O2. The first-order chi connectivity index (χ1) is 11.8. The van der Waals surface area contributed by atoms with Crippen molar-refractivity contribution in [1.82, 2.24) is 14.5 Å². The first-order valence-corrected chi connectivity index (χ1v) is 8.74. The number of benzene rings is 1. The normalized spacial score (nSPS) is 17.7. The molecule has 0 N–H and O–H groups in total. The van der Waals surface area contributed by atoms with E-state index in [0.717, 1.165) is 44.0 Å². The number of hydrogen-bond donors (Lipinski definition) is 0. The van der Waals surface area contributed by atoms with Crippen molar-refractivity contribution in [1.29, 1.82) is 0 Å². The average molecular weight is 327 g/mol. The Morgan fingerprint density at radius 3 is 2.96 bits per heavy atom. The number of aryl methyl sites for hydroxylation is 1. The van der Waals surface area contributed by atoms with Gasteiger partial charge in [-0.15, -0.1) is 0 Å². The summed E-state index contributed by atoms with van der Waals surface area (Å²) >= 11 is 0. The Labute approximate surface area is 143 Å². The van der Waals surface area contributed by atoms with E-state index in [1.807, 2.05) is 47.6 Å². The van der Waals surface area contributed by atoms with Gasteiger partial charge in [0.05, 0.1) is 13.0 Å². The zero-order chi connectivity index (χ0) is 16.8. The fraction of sp³-hybridized carbons (Fsp3) is 0.474. The fourth-order valence-corrected chi connectivity index (χ4v) is 3.29. The molecule has 128 valence electrons. The van der Waals surface area contributed by atoms with Crippen molar-refractivity contribution in [2.24, 2.45) is 0 Å². The lowest BCUT2D eigenvalue weighted by atomic mass is 9.97. The van der Waals surface area contributed by atoms with E-state index in [2.05, 4.69) is 16.5 Å². The van der Waals surface area contributed by atoms with Crippen LogP contribution in [0, 0.1) is 0 Å². The van der Waals surface area contributed by atoms with Crippen molar-refractivity contribution < 1.29 is 9.53 Å². The second kappa shape index (κ2) is 7.99. The predicted octanol–water partition coefficient (Wildman–Crippen LogP) is 3.08. The molecule has 0 unspecified atom stereocenters. The highest BCUT2D eigenvalue weighted by Crippen LogP contribution is 2.26. The first kappa shape index (κ1) is 16.6. The highest BCUT2D eigenvalue weighted by molar-refractivity contribution is 5.76. The van der Waals surface area contributed by atoms with Crippen LogP contribution in [0.15, 0.2) is 42.7 Å². The van der Waals surface area contributed by atoms with E-state index < -0.39 is 0 Å². The number of nitrogens with zero attached hydrogens (tertiary/aromatic N) is 3. The summed E-state index contributed by atoms with van der Waals surface area (Å²) in [6, 6.07) is 9.63. The van der Waals surface area contributed by atoms with Gasteiger partial charge in [0.2, 0.25) is 5.91 Å². The molecule has 1 amide bonds. The van der Waals surface area contributed by atoms with E-state index in [0.29, 0.717) is 18.9 Å². The molecule has 1 aromatic heterocycles. The maximum absolute atomic E-state index is 12.5. The van der Waals surface area contributed by atoms with Gasteiger partial charge in [-0.05, 0) is 31.9 Å². The van der Waals surface area contributed by atoms with E-state index in [1.165, 1.54) is 0 Å². The van der Waals surface area contributed by atoms with Crippen LogP contribution in [0.25, 0.3) is 0 Å². The lowest BCUT2D eigenvalue weighted by Gasteiger charge is -2.32. The highest BCUT2D eigenvalue weighted by atomic mass is 16.5. The Morgan fingerprint density at radius 1 is 1.33 bits per heavy atom. The molecule has 1 aliphatic rings. The van der Waals surface area contributed by atoms with Gasteiger partial charge in [0.1, 0.15) is 11.6 Å². The molecule has 0 saturated carbocycles. The Morgan fingerprint density at radius 2 is 2.17 bits per heavy atom. The quantitative estimate of drug-likeness (QED) is 0.819. The molecule has 1 atom stereocenters. The largest absolute Gasteiger partial charge is 0.493 e. The number of aromatic nitrogens is 2. The zero-order valence-corrected chi connectivity index (χ0v) is 14.2.